The lowest BCUT2D eigenvalue weighted by atomic mass is 9.85. The molecule has 1 aromatic carbocycles. The summed E-state index contributed by atoms with van der Waals surface area (Å²) < 4.78 is 13.4. The monoisotopic (exact) mass is 383 g/mol. The smallest absolute Gasteiger partial charge is 0.319 e. The van der Waals surface area contributed by atoms with E-state index in [-0.39, 0.29) is 23.7 Å². The van der Waals surface area contributed by atoms with E-state index in [1.807, 2.05) is 4.90 Å². The second-order valence-electron chi connectivity index (χ2n) is 7.27. The van der Waals surface area contributed by atoms with Gasteiger partial charge in [0.25, 0.3) is 0 Å². The molecule has 0 bridgehead atoms. The minimum absolute atomic E-state index is 0.00387. The molecule has 0 radical (unpaired) electrons. The van der Waals surface area contributed by atoms with E-state index in [0.717, 1.165) is 19.4 Å². The van der Waals surface area contributed by atoms with Gasteiger partial charge in [-0.1, -0.05) is 11.6 Å². The summed E-state index contributed by atoms with van der Waals surface area (Å²) in [5.74, 6) is -0.619. The largest absolute Gasteiger partial charge is 0.480 e. The zero-order valence-electron chi connectivity index (χ0n) is 14.6. The van der Waals surface area contributed by atoms with Gasteiger partial charge in [0.1, 0.15) is 5.82 Å². The summed E-state index contributed by atoms with van der Waals surface area (Å²) in [7, 11) is 0. The lowest BCUT2D eigenvalue weighted by Crippen LogP contribution is -2.55. The van der Waals surface area contributed by atoms with Crippen molar-refractivity contribution in [2.75, 3.05) is 18.4 Å². The molecule has 8 heteroatoms. The molecule has 0 spiro atoms. The van der Waals surface area contributed by atoms with Crippen molar-refractivity contribution in [1.29, 1.82) is 0 Å². The molecule has 0 aromatic heterocycles. The van der Waals surface area contributed by atoms with Gasteiger partial charge in [-0.2, -0.15) is 0 Å². The van der Waals surface area contributed by atoms with Crippen molar-refractivity contribution in [3.63, 3.8) is 0 Å². The van der Waals surface area contributed by atoms with Gasteiger partial charge >= 0.3 is 12.0 Å². The van der Waals surface area contributed by atoms with Gasteiger partial charge in [-0.3, -0.25) is 9.69 Å². The summed E-state index contributed by atoms with van der Waals surface area (Å²) >= 11 is 5.95. The van der Waals surface area contributed by atoms with Crippen LogP contribution < -0.4 is 10.6 Å². The average molecular weight is 384 g/mol. The number of rotatable bonds is 7. The van der Waals surface area contributed by atoms with Crippen LogP contribution in [0.3, 0.4) is 0 Å². The summed E-state index contributed by atoms with van der Waals surface area (Å²) in [6.07, 6.45) is 3.79. The molecule has 2 fully saturated rings. The Hall–Kier alpha value is -1.86. The van der Waals surface area contributed by atoms with E-state index in [4.69, 9.17) is 16.7 Å². The van der Waals surface area contributed by atoms with Crippen molar-refractivity contribution >= 4 is 29.3 Å². The van der Waals surface area contributed by atoms with Gasteiger partial charge in [-0.15, -0.1) is 0 Å². The Morgan fingerprint density at radius 3 is 2.65 bits per heavy atom. The summed E-state index contributed by atoms with van der Waals surface area (Å²) in [5.41, 5.74) is 0.762. The predicted molar refractivity (Wildman–Crippen MR) is 97.0 cm³/mol. The normalized spacial score (nSPS) is 22.0. The number of nitrogens with one attached hydrogen (secondary N) is 2. The van der Waals surface area contributed by atoms with Crippen molar-refractivity contribution < 1.29 is 19.1 Å². The standard InChI is InChI=1S/C18H23ClFN3O3/c1-10-4-16(14(19)7-15(10)20)22-18(26)21-12-5-13(6-12)23(9-17(24)25)8-11-2-3-11/h4,7,11-13H,2-3,5-6,8-9H2,1H3,(H,24,25)(H2,21,22,26). The van der Waals surface area contributed by atoms with Crippen LogP contribution in [-0.2, 0) is 4.79 Å². The van der Waals surface area contributed by atoms with Gasteiger partial charge < -0.3 is 15.7 Å². The first-order chi connectivity index (χ1) is 12.3. The molecule has 142 valence electrons. The highest BCUT2D eigenvalue weighted by Crippen LogP contribution is 2.34. The van der Waals surface area contributed by atoms with Crippen LogP contribution >= 0.6 is 11.6 Å². The van der Waals surface area contributed by atoms with E-state index in [9.17, 15) is 14.0 Å². The minimum Gasteiger partial charge on any atom is -0.480 e. The highest BCUT2D eigenvalue weighted by Gasteiger charge is 2.37. The molecule has 2 amide bonds. The van der Waals surface area contributed by atoms with E-state index in [2.05, 4.69) is 10.6 Å². The second-order valence-corrected chi connectivity index (χ2v) is 7.68. The van der Waals surface area contributed by atoms with Crippen LogP contribution in [0.25, 0.3) is 0 Å². The number of aryl methyl sites for hydroxylation is 1. The average Bonchev–Trinajstić information content (AvgIpc) is 3.31. The summed E-state index contributed by atoms with van der Waals surface area (Å²) in [6, 6.07) is 2.45. The molecule has 0 atom stereocenters. The molecular formula is C18H23ClFN3O3. The molecule has 3 rings (SSSR count). The topological polar surface area (TPSA) is 81.7 Å². The Bertz CT molecular complexity index is 705. The number of halogens is 2. The van der Waals surface area contributed by atoms with Crippen LogP contribution in [-0.4, -0.2) is 47.2 Å². The lowest BCUT2D eigenvalue weighted by molar-refractivity contribution is -0.139. The molecule has 2 aliphatic rings. The first-order valence-electron chi connectivity index (χ1n) is 8.81. The van der Waals surface area contributed by atoms with Crippen LogP contribution in [0.2, 0.25) is 5.02 Å². The molecule has 0 heterocycles. The second kappa shape index (κ2) is 7.80. The van der Waals surface area contributed by atoms with Crippen molar-refractivity contribution in [3.8, 4) is 0 Å². The zero-order valence-corrected chi connectivity index (χ0v) is 15.4. The fourth-order valence-electron chi connectivity index (χ4n) is 3.25. The third-order valence-corrected chi connectivity index (χ3v) is 5.30. The molecule has 0 unspecified atom stereocenters. The maximum absolute atomic E-state index is 13.4. The van der Waals surface area contributed by atoms with Gasteiger partial charge in [0.05, 0.1) is 17.3 Å². The summed E-state index contributed by atoms with van der Waals surface area (Å²) in [6.45, 7) is 2.47. The third kappa shape index (κ3) is 4.86. The Balaban J connectivity index is 1.47. The SMILES string of the molecule is Cc1cc(NC(=O)NC2CC(N(CC(=O)O)CC3CC3)C2)c(Cl)cc1F. The number of urea groups is 1. The molecule has 0 aliphatic heterocycles. The molecular weight excluding hydrogens is 361 g/mol. The Morgan fingerprint density at radius 1 is 1.35 bits per heavy atom. The van der Waals surface area contributed by atoms with Gasteiger partial charge in [-0.25, -0.2) is 9.18 Å². The van der Waals surface area contributed by atoms with Crippen LogP contribution in [0.5, 0.6) is 0 Å². The fourth-order valence-corrected chi connectivity index (χ4v) is 3.45. The van der Waals surface area contributed by atoms with Gasteiger partial charge in [0.15, 0.2) is 0 Å². The Morgan fingerprint density at radius 2 is 2.04 bits per heavy atom. The number of hydrogen-bond donors (Lipinski definition) is 3. The number of anilines is 1. The van der Waals surface area contributed by atoms with Crippen molar-refractivity contribution in [1.82, 2.24) is 10.2 Å². The van der Waals surface area contributed by atoms with Crippen LogP contribution in [0.1, 0.15) is 31.2 Å². The fraction of sp³-hybridized carbons (Fsp3) is 0.556. The number of carbonyl (C=O) groups excluding carboxylic acids is 1. The summed E-state index contributed by atoms with van der Waals surface area (Å²) in [5, 5.41) is 14.7. The van der Waals surface area contributed by atoms with Gasteiger partial charge in [-0.05, 0) is 56.2 Å². The van der Waals surface area contributed by atoms with Crippen molar-refractivity contribution in [2.45, 2.75) is 44.7 Å². The number of carboxylic acids is 1. The van der Waals surface area contributed by atoms with Crippen molar-refractivity contribution in [3.05, 3.63) is 28.5 Å². The van der Waals surface area contributed by atoms with Crippen LogP contribution in [0, 0.1) is 18.7 Å². The molecule has 26 heavy (non-hydrogen) atoms. The number of hydrogen-bond acceptors (Lipinski definition) is 3. The molecule has 1 aromatic rings. The summed E-state index contributed by atoms with van der Waals surface area (Å²) in [4.78, 5) is 25.2. The maximum atomic E-state index is 13.4. The highest BCUT2D eigenvalue weighted by molar-refractivity contribution is 6.33. The maximum Gasteiger partial charge on any atom is 0.319 e. The molecule has 2 saturated carbocycles. The number of benzene rings is 1. The minimum atomic E-state index is -0.818. The molecule has 2 aliphatic carbocycles. The van der Waals surface area contributed by atoms with Crippen molar-refractivity contribution in [2.24, 2.45) is 5.92 Å². The predicted octanol–water partition coefficient (Wildman–Crippen LogP) is 3.24. The Labute approximate surface area is 156 Å². The Kier molecular flexibility index (Phi) is 5.67. The molecule has 6 nitrogen and oxygen atoms in total. The van der Waals surface area contributed by atoms with E-state index >= 15 is 0 Å². The first-order valence-corrected chi connectivity index (χ1v) is 9.18. The number of carboxylic acid groups (broad SMARTS) is 1. The third-order valence-electron chi connectivity index (χ3n) is 4.99. The van der Waals surface area contributed by atoms with Crippen LogP contribution in [0.4, 0.5) is 14.9 Å². The van der Waals surface area contributed by atoms with Gasteiger partial charge in [0, 0.05) is 18.6 Å². The van der Waals surface area contributed by atoms with Gasteiger partial charge in [0.2, 0.25) is 0 Å². The number of aliphatic carboxylic acids is 1. The number of nitrogens with zero attached hydrogens (tertiary/aromatic N) is 1. The number of carbonyl (C=O) groups is 2. The lowest BCUT2D eigenvalue weighted by Gasteiger charge is -2.42. The van der Waals surface area contributed by atoms with Crippen LogP contribution in [0.15, 0.2) is 12.1 Å². The van der Waals surface area contributed by atoms with E-state index in [0.29, 0.717) is 17.2 Å². The van der Waals surface area contributed by atoms with E-state index in [1.165, 1.54) is 25.0 Å². The van der Waals surface area contributed by atoms with E-state index < -0.39 is 17.8 Å². The molecule has 0 saturated heterocycles. The van der Waals surface area contributed by atoms with E-state index in [1.54, 1.807) is 6.92 Å². The first kappa shape index (κ1) is 18.9. The molecule has 3 N–H and O–H groups in total. The number of amides is 2. The highest BCUT2D eigenvalue weighted by atomic mass is 35.5. The quantitative estimate of drug-likeness (QED) is 0.675. The zero-order chi connectivity index (χ0) is 18.8.